The number of fused-ring (bicyclic) bond motifs is 1. The molecule has 0 radical (unpaired) electrons. The molecule has 2 aromatic carbocycles. The van der Waals surface area contributed by atoms with Gasteiger partial charge < -0.3 is 10.1 Å². The molecule has 1 aliphatic heterocycles. The number of pyridine rings is 1. The molecule has 8 heteroatoms. The zero-order valence-electron chi connectivity index (χ0n) is 17.8. The molecule has 0 aliphatic carbocycles. The van der Waals surface area contributed by atoms with Gasteiger partial charge in [-0.25, -0.2) is 5.48 Å². The summed E-state index contributed by atoms with van der Waals surface area (Å²) in [5.41, 5.74) is 4.42. The Bertz CT molecular complexity index is 1130. The highest BCUT2D eigenvalue weighted by Gasteiger charge is 2.38. The van der Waals surface area contributed by atoms with Crippen LogP contribution in [-0.4, -0.2) is 39.1 Å². The van der Waals surface area contributed by atoms with Crippen LogP contribution in [0, 0.1) is 6.92 Å². The average molecular weight is 452 g/mol. The van der Waals surface area contributed by atoms with Crippen LogP contribution in [0.4, 0.5) is 0 Å². The molecule has 1 aromatic heterocycles. The Kier molecular flexibility index (Phi) is 6.62. The first-order valence-electron chi connectivity index (χ1n) is 10.4. The molecule has 1 atom stereocenters. The van der Waals surface area contributed by atoms with Crippen LogP contribution >= 0.6 is 11.8 Å². The predicted molar refractivity (Wildman–Crippen MR) is 124 cm³/mol. The molecule has 1 saturated heterocycles. The number of para-hydroxylation sites is 1. The van der Waals surface area contributed by atoms with E-state index in [0.717, 1.165) is 27.9 Å². The van der Waals surface area contributed by atoms with Crippen molar-refractivity contribution in [1.82, 2.24) is 15.8 Å². The largest absolute Gasteiger partial charge is 0.489 e. The van der Waals surface area contributed by atoms with E-state index in [1.54, 1.807) is 41.5 Å². The molecular formula is C24H25N3O4S. The highest BCUT2D eigenvalue weighted by molar-refractivity contribution is 7.99. The van der Waals surface area contributed by atoms with Crippen LogP contribution in [0.5, 0.6) is 5.75 Å². The molecule has 1 aliphatic rings. The zero-order valence-corrected chi connectivity index (χ0v) is 18.6. The second-order valence-corrected chi connectivity index (χ2v) is 9.11. The van der Waals surface area contributed by atoms with Crippen LogP contribution in [0.3, 0.4) is 0 Å². The average Bonchev–Trinajstić information content (AvgIpc) is 3.25. The van der Waals surface area contributed by atoms with Gasteiger partial charge in [-0.2, -0.15) is 11.8 Å². The molecule has 7 nitrogen and oxygen atoms in total. The van der Waals surface area contributed by atoms with Gasteiger partial charge in [-0.15, -0.1) is 0 Å². The van der Waals surface area contributed by atoms with Gasteiger partial charge in [0.25, 0.3) is 5.91 Å². The van der Waals surface area contributed by atoms with Gasteiger partial charge in [-0.05, 0) is 55.5 Å². The van der Waals surface area contributed by atoms with E-state index in [2.05, 4.69) is 10.3 Å². The SMILES string of the molecule is Cc1cc(COc2ccc(C(=O)NC3(CC(=O)NO)CCSC3)cc2)c2ccccc2n1. The van der Waals surface area contributed by atoms with Crippen LogP contribution < -0.4 is 15.5 Å². The number of aryl methyl sites for hydroxylation is 1. The second-order valence-electron chi connectivity index (χ2n) is 8.00. The molecule has 4 rings (SSSR count). The number of thioether (sulfide) groups is 1. The van der Waals surface area contributed by atoms with Crippen molar-refractivity contribution in [1.29, 1.82) is 0 Å². The number of rotatable bonds is 7. The lowest BCUT2D eigenvalue weighted by Gasteiger charge is -2.28. The summed E-state index contributed by atoms with van der Waals surface area (Å²) in [5.74, 6) is 1.39. The van der Waals surface area contributed by atoms with Crippen molar-refractivity contribution in [3.05, 3.63) is 71.4 Å². The number of ether oxygens (including phenoxy) is 1. The van der Waals surface area contributed by atoms with Gasteiger partial charge in [0, 0.05) is 28.0 Å². The molecule has 3 N–H and O–H groups in total. The lowest BCUT2D eigenvalue weighted by atomic mass is 9.93. The number of amides is 2. The van der Waals surface area contributed by atoms with Gasteiger partial charge in [0.15, 0.2) is 0 Å². The van der Waals surface area contributed by atoms with Crippen molar-refractivity contribution >= 4 is 34.5 Å². The summed E-state index contributed by atoms with van der Waals surface area (Å²) in [6.07, 6.45) is 0.722. The Morgan fingerprint density at radius 1 is 1.19 bits per heavy atom. The first kappa shape index (κ1) is 22.1. The van der Waals surface area contributed by atoms with Gasteiger partial charge in [-0.3, -0.25) is 19.8 Å². The molecule has 2 amide bonds. The van der Waals surface area contributed by atoms with Crippen LogP contribution in [-0.2, 0) is 11.4 Å². The summed E-state index contributed by atoms with van der Waals surface area (Å²) in [6, 6.07) is 16.9. The molecule has 0 saturated carbocycles. The Balaban J connectivity index is 1.42. The van der Waals surface area contributed by atoms with Crippen molar-refractivity contribution in [3.8, 4) is 5.75 Å². The Hall–Kier alpha value is -3.10. The summed E-state index contributed by atoms with van der Waals surface area (Å²) in [6.45, 7) is 2.36. The lowest BCUT2D eigenvalue weighted by molar-refractivity contribution is -0.130. The molecule has 0 spiro atoms. The van der Waals surface area contributed by atoms with Crippen LogP contribution in [0.2, 0.25) is 0 Å². The van der Waals surface area contributed by atoms with E-state index in [0.29, 0.717) is 30.1 Å². The highest BCUT2D eigenvalue weighted by Crippen LogP contribution is 2.31. The fraction of sp³-hybridized carbons (Fsp3) is 0.292. The van der Waals surface area contributed by atoms with E-state index in [1.165, 1.54) is 0 Å². The maximum atomic E-state index is 12.8. The maximum absolute atomic E-state index is 12.8. The Morgan fingerprint density at radius 3 is 2.69 bits per heavy atom. The topological polar surface area (TPSA) is 101 Å². The lowest BCUT2D eigenvalue weighted by Crippen LogP contribution is -2.51. The fourth-order valence-corrected chi connectivity index (χ4v) is 5.32. The summed E-state index contributed by atoms with van der Waals surface area (Å²) in [4.78, 5) is 29.0. The number of hydroxylamine groups is 1. The monoisotopic (exact) mass is 451 g/mol. The van der Waals surface area contributed by atoms with E-state index >= 15 is 0 Å². The summed E-state index contributed by atoms with van der Waals surface area (Å²) >= 11 is 1.68. The highest BCUT2D eigenvalue weighted by atomic mass is 32.2. The number of hydrogen-bond acceptors (Lipinski definition) is 6. The molecule has 3 aromatic rings. The number of nitrogens with zero attached hydrogens (tertiary/aromatic N) is 1. The standard InChI is InChI=1S/C24H25N3O4S/c1-16-12-18(20-4-2-3-5-21(20)25-16)14-31-19-8-6-17(7-9-19)23(29)26-24(10-11-32-15-24)13-22(28)27-30/h2-9,12,30H,10-11,13-15H2,1H3,(H,26,29)(H,27,28). The minimum Gasteiger partial charge on any atom is -0.489 e. The Labute approximate surface area is 190 Å². The first-order valence-corrected chi connectivity index (χ1v) is 11.5. The van der Waals surface area contributed by atoms with Gasteiger partial charge >= 0.3 is 0 Å². The van der Waals surface area contributed by atoms with E-state index in [-0.39, 0.29) is 12.3 Å². The normalized spacial score (nSPS) is 17.8. The van der Waals surface area contributed by atoms with Gasteiger partial charge in [0.1, 0.15) is 12.4 Å². The van der Waals surface area contributed by atoms with Crippen LogP contribution in [0.25, 0.3) is 10.9 Å². The molecule has 0 bridgehead atoms. The van der Waals surface area contributed by atoms with E-state index in [9.17, 15) is 9.59 Å². The third-order valence-electron chi connectivity index (χ3n) is 5.55. The molecule has 166 valence electrons. The summed E-state index contributed by atoms with van der Waals surface area (Å²) in [5, 5.41) is 12.9. The number of carbonyl (C=O) groups is 2. The minimum absolute atomic E-state index is 0.0444. The van der Waals surface area contributed by atoms with Crippen molar-refractivity contribution in [3.63, 3.8) is 0 Å². The molecule has 1 fully saturated rings. The molecular weight excluding hydrogens is 426 g/mol. The van der Waals surface area contributed by atoms with Crippen molar-refractivity contribution in [2.45, 2.75) is 31.9 Å². The van der Waals surface area contributed by atoms with Gasteiger partial charge in [-0.1, -0.05) is 18.2 Å². The first-order chi connectivity index (χ1) is 15.5. The predicted octanol–water partition coefficient (Wildman–Crippen LogP) is 3.62. The summed E-state index contributed by atoms with van der Waals surface area (Å²) < 4.78 is 5.97. The second kappa shape index (κ2) is 9.58. The van der Waals surface area contributed by atoms with Gasteiger partial charge in [0.2, 0.25) is 5.91 Å². The summed E-state index contributed by atoms with van der Waals surface area (Å²) in [7, 11) is 0. The minimum atomic E-state index is -0.649. The number of nitrogens with one attached hydrogen (secondary N) is 2. The maximum Gasteiger partial charge on any atom is 0.251 e. The van der Waals surface area contributed by atoms with E-state index in [4.69, 9.17) is 9.94 Å². The number of carbonyl (C=O) groups excluding carboxylic acids is 2. The number of benzene rings is 2. The number of aromatic nitrogens is 1. The quantitative estimate of drug-likeness (QED) is 0.375. The van der Waals surface area contributed by atoms with Crippen molar-refractivity contribution in [2.75, 3.05) is 11.5 Å². The fourth-order valence-electron chi connectivity index (χ4n) is 3.93. The van der Waals surface area contributed by atoms with Crippen molar-refractivity contribution in [2.24, 2.45) is 0 Å². The van der Waals surface area contributed by atoms with Crippen LogP contribution in [0.15, 0.2) is 54.6 Å². The zero-order chi connectivity index (χ0) is 22.6. The van der Waals surface area contributed by atoms with Crippen LogP contribution in [0.1, 0.15) is 34.5 Å². The molecule has 32 heavy (non-hydrogen) atoms. The van der Waals surface area contributed by atoms with Crippen molar-refractivity contribution < 1.29 is 19.5 Å². The van der Waals surface area contributed by atoms with Gasteiger partial charge in [0.05, 0.1) is 17.5 Å². The van der Waals surface area contributed by atoms with E-state index < -0.39 is 11.4 Å². The smallest absolute Gasteiger partial charge is 0.251 e. The third-order valence-corrected chi connectivity index (χ3v) is 6.80. The molecule has 2 heterocycles. The Morgan fingerprint density at radius 2 is 1.97 bits per heavy atom. The third kappa shape index (κ3) is 5.03. The van der Waals surface area contributed by atoms with E-state index in [1.807, 2.05) is 37.3 Å². The number of hydrogen-bond donors (Lipinski definition) is 3. The molecule has 1 unspecified atom stereocenters.